The van der Waals surface area contributed by atoms with E-state index in [-0.39, 0.29) is 39.7 Å². The number of hydrogen-bond acceptors (Lipinski definition) is 9. The quantitative estimate of drug-likeness (QED) is 0.0883. The van der Waals surface area contributed by atoms with E-state index in [0.29, 0.717) is 5.01 Å². The molecule has 10 nitrogen and oxygen atoms in total. The van der Waals surface area contributed by atoms with Gasteiger partial charge in [0.2, 0.25) is 0 Å². The molecule has 1 aromatic rings. The Morgan fingerprint density at radius 1 is 1.25 bits per heavy atom. The lowest BCUT2D eigenvalue weighted by molar-refractivity contribution is -0.126. The standard InChI is InChI=1S/C29H41ClF3N7O3S/c1-6-12-43-13-10-8-9-11-35-25-15-22(37-18-40(25)5)26(41)38-20(4)28-36-17-23(44-28)27(42)39-24(34-7-2)14-21(19(3)30)16-29(31,32)33/h14-15,17-18,20,25,35H,3,6-13,16H2,1-2,4-5H3,(H,38,41)(H,34,39,42)/b21-14-. The Morgan fingerprint density at radius 3 is 2.66 bits per heavy atom. The third-order valence-electron chi connectivity index (χ3n) is 6.12. The highest BCUT2D eigenvalue weighted by Gasteiger charge is 2.30. The van der Waals surface area contributed by atoms with Crippen LogP contribution in [0.15, 0.2) is 51.2 Å². The Hall–Kier alpha value is -3.07. The van der Waals surface area contributed by atoms with Crippen molar-refractivity contribution in [2.45, 2.75) is 71.3 Å². The summed E-state index contributed by atoms with van der Waals surface area (Å²) in [6, 6.07) is -0.548. The van der Waals surface area contributed by atoms with Gasteiger partial charge < -0.3 is 20.3 Å². The van der Waals surface area contributed by atoms with Gasteiger partial charge in [-0.1, -0.05) is 25.1 Å². The second-order valence-electron chi connectivity index (χ2n) is 9.97. The molecule has 0 aromatic carbocycles. The van der Waals surface area contributed by atoms with Crippen molar-refractivity contribution in [3.8, 4) is 0 Å². The number of aromatic nitrogens is 1. The van der Waals surface area contributed by atoms with Crippen LogP contribution < -0.4 is 16.0 Å². The van der Waals surface area contributed by atoms with Crippen molar-refractivity contribution in [2.24, 2.45) is 9.98 Å². The lowest BCUT2D eigenvalue weighted by Gasteiger charge is -2.28. The van der Waals surface area contributed by atoms with E-state index in [2.05, 4.69) is 44.4 Å². The van der Waals surface area contributed by atoms with E-state index in [1.165, 1.54) is 6.20 Å². The van der Waals surface area contributed by atoms with E-state index in [4.69, 9.17) is 16.3 Å². The van der Waals surface area contributed by atoms with Gasteiger partial charge in [-0.2, -0.15) is 13.2 Å². The van der Waals surface area contributed by atoms with E-state index in [0.717, 1.165) is 62.9 Å². The number of ether oxygens (including phenoxy) is 1. The molecule has 3 N–H and O–H groups in total. The number of likely N-dealkylation sites (N-methyl/N-ethyl adjacent to an activating group) is 1. The van der Waals surface area contributed by atoms with Crippen molar-refractivity contribution in [1.82, 2.24) is 25.8 Å². The monoisotopic (exact) mass is 659 g/mol. The summed E-state index contributed by atoms with van der Waals surface area (Å²) in [5.74, 6) is -1.11. The number of aliphatic imine (C=N–C) groups is 2. The fourth-order valence-electron chi connectivity index (χ4n) is 3.88. The van der Waals surface area contributed by atoms with Gasteiger partial charge in [0.05, 0.1) is 25.0 Å². The SMILES string of the molecule is C=C(Cl)/C(=C\C(=N/CC)NC(=O)c1cnc(C(C)NC(=O)C2=CC(NCCCCCOCCC)N(C)C=N2)s1)CC(F)(F)F. The summed E-state index contributed by atoms with van der Waals surface area (Å²) in [4.78, 5) is 40.4. The third kappa shape index (κ3) is 13.3. The van der Waals surface area contributed by atoms with Crippen LogP contribution >= 0.6 is 22.9 Å². The molecule has 0 spiro atoms. The number of allylic oxidation sites excluding steroid dienone is 2. The normalized spacial score (nSPS) is 16.5. The number of alkyl halides is 3. The summed E-state index contributed by atoms with van der Waals surface area (Å²) in [5, 5.41) is 8.91. The number of nitrogens with one attached hydrogen (secondary N) is 3. The molecule has 1 aliphatic heterocycles. The minimum absolute atomic E-state index is 0.0916. The van der Waals surface area contributed by atoms with E-state index in [1.807, 2.05) is 11.9 Å². The molecule has 2 rings (SSSR count). The predicted octanol–water partition coefficient (Wildman–Crippen LogP) is 5.47. The molecule has 2 unspecified atom stereocenters. The van der Waals surface area contributed by atoms with Gasteiger partial charge in [0.1, 0.15) is 27.6 Å². The zero-order valence-electron chi connectivity index (χ0n) is 25.5. The van der Waals surface area contributed by atoms with Crippen molar-refractivity contribution in [3.05, 3.63) is 51.1 Å². The Kier molecular flexibility index (Phi) is 15.8. The first-order valence-corrected chi connectivity index (χ1v) is 15.6. The molecule has 44 heavy (non-hydrogen) atoms. The first-order valence-electron chi connectivity index (χ1n) is 14.4. The van der Waals surface area contributed by atoms with Gasteiger partial charge in [0.25, 0.3) is 11.8 Å². The first kappa shape index (κ1) is 37.1. The first-order chi connectivity index (χ1) is 20.8. The van der Waals surface area contributed by atoms with E-state index < -0.39 is 30.5 Å². The largest absolute Gasteiger partial charge is 0.393 e. The summed E-state index contributed by atoms with van der Waals surface area (Å²) >= 11 is 6.79. The Morgan fingerprint density at radius 2 is 2.00 bits per heavy atom. The van der Waals surface area contributed by atoms with Crippen LogP contribution in [-0.4, -0.2) is 79.6 Å². The van der Waals surface area contributed by atoms with Crippen molar-refractivity contribution in [2.75, 3.05) is 33.4 Å². The predicted molar refractivity (Wildman–Crippen MR) is 169 cm³/mol. The van der Waals surface area contributed by atoms with Crippen LogP contribution in [0.1, 0.15) is 73.6 Å². The molecule has 0 radical (unpaired) electrons. The van der Waals surface area contributed by atoms with Crippen LogP contribution in [0.5, 0.6) is 0 Å². The zero-order chi connectivity index (χ0) is 32.7. The van der Waals surface area contributed by atoms with Gasteiger partial charge in [-0.3, -0.25) is 19.9 Å². The number of hydrogen-bond donors (Lipinski definition) is 3. The molecule has 244 valence electrons. The number of amidine groups is 1. The average Bonchev–Trinajstić information content (AvgIpc) is 3.45. The van der Waals surface area contributed by atoms with Gasteiger partial charge >= 0.3 is 6.18 Å². The van der Waals surface area contributed by atoms with Crippen LogP contribution in [-0.2, 0) is 9.53 Å². The van der Waals surface area contributed by atoms with E-state index >= 15 is 0 Å². The van der Waals surface area contributed by atoms with Gasteiger partial charge in [-0.05, 0) is 63.8 Å². The maximum absolute atomic E-state index is 13.0. The van der Waals surface area contributed by atoms with Crippen LogP contribution in [0, 0.1) is 0 Å². The van der Waals surface area contributed by atoms with Gasteiger partial charge in [0.15, 0.2) is 0 Å². The van der Waals surface area contributed by atoms with Crippen LogP contribution in [0.3, 0.4) is 0 Å². The maximum atomic E-state index is 13.0. The van der Waals surface area contributed by atoms with Gasteiger partial charge in [-0.15, -0.1) is 11.3 Å². The Labute approximate surface area is 265 Å². The average molecular weight is 660 g/mol. The van der Waals surface area contributed by atoms with Gasteiger partial charge in [-0.25, -0.2) is 9.98 Å². The fourth-order valence-corrected chi connectivity index (χ4v) is 4.81. The lowest BCUT2D eigenvalue weighted by Crippen LogP contribution is -2.44. The summed E-state index contributed by atoms with van der Waals surface area (Å²) in [6.45, 7) is 11.4. The smallest absolute Gasteiger partial charge is 0.381 e. The topological polar surface area (TPSA) is 120 Å². The number of amides is 2. The number of rotatable bonds is 17. The molecular formula is C29H41ClF3N7O3S. The highest BCUT2D eigenvalue weighted by molar-refractivity contribution is 7.13. The summed E-state index contributed by atoms with van der Waals surface area (Å²) in [5.41, 5.74) is -0.0677. The molecule has 0 fully saturated rings. The molecule has 1 aliphatic rings. The van der Waals surface area contributed by atoms with E-state index in [1.54, 1.807) is 26.3 Å². The zero-order valence-corrected chi connectivity index (χ0v) is 27.0. The van der Waals surface area contributed by atoms with Gasteiger partial charge in [0, 0.05) is 31.8 Å². The molecule has 0 bridgehead atoms. The van der Waals surface area contributed by atoms with E-state index in [9.17, 15) is 22.8 Å². The Bertz CT molecular complexity index is 1250. The molecule has 15 heteroatoms. The number of nitrogens with zero attached hydrogens (tertiary/aromatic N) is 4. The molecule has 0 saturated heterocycles. The molecule has 1 aromatic heterocycles. The number of carbonyl (C=O) groups is 2. The lowest BCUT2D eigenvalue weighted by atomic mass is 10.1. The number of carbonyl (C=O) groups excluding carboxylic acids is 2. The highest BCUT2D eigenvalue weighted by Crippen LogP contribution is 2.29. The van der Waals surface area contributed by atoms with Crippen molar-refractivity contribution >= 4 is 46.9 Å². The molecule has 2 heterocycles. The highest BCUT2D eigenvalue weighted by atomic mass is 35.5. The summed E-state index contributed by atoms with van der Waals surface area (Å²) in [6.07, 6.45) is 3.70. The molecular weight excluding hydrogens is 619 g/mol. The van der Waals surface area contributed by atoms with Crippen molar-refractivity contribution in [1.29, 1.82) is 0 Å². The maximum Gasteiger partial charge on any atom is 0.393 e. The van der Waals surface area contributed by atoms with Crippen LogP contribution in [0.2, 0.25) is 0 Å². The minimum Gasteiger partial charge on any atom is -0.381 e. The number of halogens is 4. The molecule has 2 amide bonds. The fraction of sp³-hybridized carbons (Fsp3) is 0.552. The molecule has 2 atom stereocenters. The Balaban J connectivity index is 1.97. The molecule has 0 aliphatic carbocycles. The minimum atomic E-state index is -4.52. The second-order valence-corrected chi connectivity index (χ2v) is 11.5. The number of thiazole rings is 1. The van der Waals surface area contributed by atoms with Crippen molar-refractivity contribution < 1.29 is 27.5 Å². The summed E-state index contributed by atoms with van der Waals surface area (Å²) < 4.78 is 44.3. The van der Waals surface area contributed by atoms with Crippen LogP contribution in [0.25, 0.3) is 0 Å². The second kappa shape index (κ2) is 18.7. The van der Waals surface area contributed by atoms with Crippen molar-refractivity contribution in [3.63, 3.8) is 0 Å². The summed E-state index contributed by atoms with van der Waals surface area (Å²) in [7, 11) is 1.87. The van der Waals surface area contributed by atoms with Crippen LogP contribution in [0.4, 0.5) is 13.2 Å². The third-order valence-corrected chi connectivity index (χ3v) is 7.54. The molecule has 0 saturated carbocycles. The number of unbranched alkanes of at least 4 members (excludes halogenated alkanes) is 2.